The summed E-state index contributed by atoms with van der Waals surface area (Å²) in [5.41, 5.74) is 8.09. The van der Waals surface area contributed by atoms with Crippen LogP contribution in [0.2, 0.25) is 0 Å². The minimum atomic E-state index is -2.70. The average molecular weight is 378 g/mol. The van der Waals surface area contributed by atoms with Crippen LogP contribution in [0, 0.1) is 11.7 Å². The van der Waals surface area contributed by atoms with Gasteiger partial charge in [0, 0.05) is 31.5 Å². The Bertz CT molecular complexity index is 822. The quantitative estimate of drug-likeness (QED) is 0.836. The number of benzene rings is 1. The molecular formula is C19H21F3N4O. The molecule has 2 atom stereocenters. The Morgan fingerprint density at radius 2 is 1.93 bits per heavy atom. The molecule has 0 radical (unpaired) electrons. The van der Waals surface area contributed by atoms with Gasteiger partial charge in [0.1, 0.15) is 6.33 Å². The van der Waals surface area contributed by atoms with Crippen molar-refractivity contribution in [1.29, 1.82) is 0 Å². The molecule has 2 aliphatic rings. The molecule has 144 valence electrons. The van der Waals surface area contributed by atoms with Crippen LogP contribution in [0.3, 0.4) is 0 Å². The standard InChI is InChI=1S/C19H21F3N4O/c1-11(23)12-2-4-13(5-3-12)14-7-26(8-14)17-16(20)18(25-10-24-17)27-9-15-6-19(15,21)22/h2-5,10-11,14-15H,6-9,23H2,1H3/t11-,15?/m0/s1. The second kappa shape index (κ2) is 6.67. The summed E-state index contributed by atoms with van der Waals surface area (Å²) >= 11 is 0. The third kappa shape index (κ3) is 3.58. The maximum absolute atomic E-state index is 14.6. The van der Waals surface area contributed by atoms with E-state index in [9.17, 15) is 13.2 Å². The second-order valence-electron chi connectivity index (χ2n) is 7.35. The molecule has 0 amide bonds. The number of hydrogen-bond donors (Lipinski definition) is 1. The minimum Gasteiger partial charge on any atom is -0.475 e. The number of anilines is 1. The summed E-state index contributed by atoms with van der Waals surface area (Å²) in [6.45, 7) is 2.92. The zero-order valence-corrected chi connectivity index (χ0v) is 14.9. The molecule has 8 heteroatoms. The first-order valence-electron chi connectivity index (χ1n) is 8.96. The van der Waals surface area contributed by atoms with Gasteiger partial charge in [-0.2, -0.15) is 9.37 Å². The number of ether oxygens (including phenoxy) is 1. The summed E-state index contributed by atoms with van der Waals surface area (Å²) in [7, 11) is 0. The molecule has 1 aliphatic heterocycles. The first-order valence-corrected chi connectivity index (χ1v) is 8.96. The van der Waals surface area contributed by atoms with Gasteiger partial charge in [0.2, 0.25) is 5.82 Å². The fourth-order valence-electron chi connectivity index (χ4n) is 3.23. The highest BCUT2D eigenvalue weighted by atomic mass is 19.3. The molecular weight excluding hydrogens is 357 g/mol. The predicted molar refractivity (Wildman–Crippen MR) is 94.5 cm³/mol. The largest absolute Gasteiger partial charge is 0.475 e. The third-order valence-electron chi connectivity index (χ3n) is 5.23. The van der Waals surface area contributed by atoms with E-state index in [1.807, 2.05) is 31.2 Å². The molecule has 2 fully saturated rings. The molecule has 1 unspecified atom stereocenters. The van der Waals surface area contributed by atoms with E-state index in [1.54, 1.807) is 4.90 Å². The zero-order chi connectivity index (χ0) is 19.2. The van der Waals surface area contributed by atoms with E-state index in [0.717, 1.165) is 11.1 Å². The fraction of sp³-hybridized carbons (Fsp3) is 0.474. The van der Waals surface area contributed by atoms with Crippen LogP contribution in [-0.4, -0.2) is 35.6 Å². The Kier molecular flexibility index (Phi) is 4.46. The molecule has 27 heavy (non-hydrogen) atoms. The first-order chi connectivity index (χ1) is 12.8. The number of rotatable bonds is 6. The SMILES string of the molecule is C[C@H](N)c1ccc(C2CN(c3ncnc(OCC4CC4(F)F)c3F)C2)cc1. The van der Waals surface area contributed by atoms with Crippen LogP contribution in [-0.2, 0) is 0 Å². The Morgan fingerprint density at radius 3 is 2.52 bits per heavy atom. The van der Waals surface area contributed by atoms with Crippen molar-refractivity contribution in [2.24, 2.45) is 11.7 Å². The summed E-state index contributed by atoms with van der Waals surface area (Å²) in [6.07, 6.45) is 0.978. The lowest BCUT2D eigenvalue weighted by Gasteiger charge is -2.40. The van der Waals surface area contributed by atoms with E-state index < -0.39 is 17.7 Å². The lowest BCUT2D eigenvalue weighted by Crippen LogP contribution is -2.46. The number of hydrogen-bond acceptors (Lipinski definition) is 5. The van der Waals surface area contributed by atoms with E-state index in [4.69, 9.17) is 10.5 Å². The summed E-state index contributed by atoms with van der Waals surface area (Å²) in [5.74, 6) is -4.11. The summed E-state index contributed by atoms with van der Waals surface area (Å²) in [6, 6.07) is 8.09. The van der Waals surface area contributed by atoms with Crippen molar-refractivity contribution in [3.05, 3.63) is 47.5 Å². The number of nitrogens with two attached hydrogens (primary N) is 1. The van der Waals surface area contributed by atoms with E-state index in [2.05, 4.69) is 9.97 Å². The van der Waals surface area contributed by atoms with Gasteiger partial charge in [0.25, 0.3) is 11.8 Å². The Labute approximate surface area is 155 Å². The highest BCUT2D eigenvalue weighted by Crippen LogP contribution is 2.48. The predicted octanol–water partition coefficient (Wildman–Crippen LogP) is 3.27. The summed E-state index contributed by atoms with van der Waals surface area (Å²) < 4.78 is 45.6. The highest BCUT2D eigenvalue weighted by Gasteiger charge is 2.57. The highest BCUT2D eigenvalue weighted by molar-refractivity contribution is 5.48. The Balaban J connectivity index is 1.38. The van der Waals surface area contributed by atoms with Crippen molar-refractivity contribution in [3.8, 4) is 5.88 Å². The van der Waals surface area contributed by atoms with E-state index in [-0.39, 0.29) is 36.7 Å². The van der Waals surface area contributed by atoms with Crippen molar-refractivity contribution in [1.82, 2.24) is 9.97 Å². The maximum Gasteiger partial charge on any atom is 0.255 e. The van der Waals surface area contributed by atoms with Crippen molar-refractivity contribution >= 4 is 5.82 Å². The van der Waals surface area contributed by atoms with Gasteiger partial charge in [-0.05, 0) is 18.1 Å². The van der Waals surface area contributed by atoms with Gasteiger partial charge >= 0.3 is 0 Å². The molecule has 2 aromatic rings. The monoisotopic (exact) mass is 378 g/mol. The topological polar surface area (TPSA) is 64.3 Å². The normalized spacial score (nSPS) is 22.3. The molecule has 2 heterocycles. The van der Waals surface area contributed by atoms with Gasteiger partial charge in [0.15, 0.2) is 5.82 Å². The van der Waals surface area contributed by atoms with Gasteiger partial charge < -0.3 is 15.4 Å². The Hall–Kier alpha value is -2.35. The third-order valence-corrected chi connectivity index (χ3v) is 5.23. The van der Waals surface area contributed by atoms with Crippen LogP contribution in [0.5, 0.6) is 5.88 Å². The van der Waals surface area contributed by atoms with Crippen LogP contribution in [0.4, 0.5) is 19.0 Å². The van der Waals surface area contributed by atoms with Crippen LogP contribution < -0.4 is 15.4 Å². The maximum atomic E-state index is 14.6. The van der Waals surface area contributed by atoms with Crippen molar-refractivity contribution < 1.29 is 17.9 Å². The van der Waals surface area contributed by atoms with E-state index in [1.165, 1.54) is 6.33 Å². The molecule has 4 rings (SSSR count). The number of aromatic nitrogens is 2. The van der Waals surface area contributed by atoms with Crippen molar-refractivity contribution in [3.63, 3.8) is 0 Å². The molecule has 1 saturated carbocycles. The average Bonchev–Trinajstić information content (AvgIpc) is 3.21. The molecule has 1 saturated heterocycles. The molecule has 1 aliphatic carbocycles. The van der Waals surface area contributed by atoms with Gasteiger partial charge in [-0.25, -0.2) is 13.8 Å². The van der Waals surface area contributed by atoms with E-state index in [0.29, 0.717) is 13.1 Å². The molecule has 1 aromatic heterocycles. The van der Waals surface area contributed by atoms with Crippen LogP contribution in [0.1, 0.15) is 36.4 Å². The smallest absolute Gasteiger partial charge is 0.255 e. The Morgan fingerprint density at radius 1 is 1.26 bits per heavy atom. The number of alkyl halides is 2. The molecule has 0 spiro atoms. The number of halogens is 3. The molecule has 2 N–H and O–H groups in total. The van der Waals surface area contributed by atoms with Gasteiger partial charge in [0.05, 0.1) is 12.5 Å². The fourth-order valence-corrected chi connectivity index (χ4v) is 3.23. The molecule has 0 bridgehead atoms. The van der Waals surface area contributed by atoms with Crippen LogP contribution in [0.25, 0.3) is 0 Å². The first kappa shape index (κ1) is 18.0. The number of nitrogens with zero attached hydrogens (tertiary/aromatic N) is 3. The van der Waals surface area contributed by atoms with Crippen LogP contribution in [0.15, 0.2) is 30.6 Å². The lowest BCUT2D eigenvalue weighted by molar-refractivity contribution is 0.0842. The second-order valence-corrected chi connectivity index (χ2v) is 7.35. The lowest BCUT2D eigenvalue weighted by atomic mass is 9.90. The zero-order valence-electron chi connectivity index (χ0n) is 14.9. The minimum absolute atomic E-state index is 0.0129. The van der Waals surface area contributed by atoms with Gasteiger partial charge in [-0.15, -0.1) is 0 Å². The summed E-state index contributed by atoms with van der Waals surface area (Å²) in [5, 5.41) is 0. The molecule has 5 nitrogen and oxygen atoms in total. The van der Waals surface area contributed by atoms with Crippen LogP contribution >= 0.6 is 0 Å². The van der Waals surface area contributed by atoms with Gasteiger partial charge in [-0.3, -0.25) is 0 Å². The van der Waals surface area contributed by atoms with Crippen molar-refractivity contribution in [2.45, 2.75) is 31.2 Å². The van der Waals surface area contributed by atoms with Gasteiger partial charge in [-0.1, -0.05) is 24.3 Å². The van der Waals surface area contributed by atoms with E-state index >= 15 is 0 Å². The molecule has 1 aromatic carbocycles. The van der Waals surface area contributed by atoms with Crippen molar-refractivity contribution in [2.75, 3.05) is 24.6 Å². The summed E-state index contributed by atoms with van der Waals surface area (Å²) in [4.78, 5) is 9.52.